The van der Waals surface area contributed by atoms with Gasteiger partial charge in [0, 0.05) is 6.07 Å². The van der Waals surface area contributed by atoms with Gasteiger partial charge in [-0.25, -0.2) is 13.8 Å². The van der Waals surface area contributed by atoms with Crippen molar-refractivity contribution in [2.75, 3.05) is 0 Å². The summed E-state index contributed by atoms with van der Waals surface area (Å²) in [5.41, 5.74) is -0.618. The molecule has 0 saturated heterocycles. The molecule has 0 N–H and O–H groups in total. The molecule has 0 aliphatic carbocycles. The molecule has 0 saturated carbocycles. The van der Waals surface area contributed by atoms with Crippen LogP contribution in [0.4, 0.5) is 14.5 Å². The number of hydrogen-bond donors (Lipinski definition) is 0. The Morgan fingerprint density at radius 3 is 2.79 bits per heavy atom. The highest BCUT2D eigenvalue weighted by Crippen LogP contribution is 2.31. The lowest BCUT2D eigenvalue weighted by atomic mass is 10.3. The molecule has 0 spiro atoms. The molecule has 0 atom stereocenters. The Balaban J connectivity index is 2.45. The van der Waals surface area contributed by atoms with Crippen molar-refractivity contribution in [3.8, 4) is 11.6 Å². The largest absolute Gasteiger partial charge is 0.430 e. The van der Waals surface area contributed by atoms with E-state index in [0.717, 1.165) is 24.4 Å². The van der Waals surface area contributed by atoms with Gasteiger partial charge in [0.15, 0.2) is 11.6 Å². The van der Waals surface area contributed by atoms with Gasteiger partial charge in [-0.15, -0.1) is 0 Å². The topological polar surface area (TPSA) is 78.2 Å². The smallest absolute Gasteiger partial charge is 0.349 e. The van der Waals surface area contributed by atoms with Gasteiger partial charge < -0.3 is 4.74 Å². The SMILES string of the molecule is O=[N+]([O-])c1cnc(Cl)nc1Oc1cc(F)ccc1F. The van der Waals surface area contributed by atoms with Crippen molar-refractivity contribution in [1.82, 2.24) is 9.97 Å². The van der Waals surface area contributed by atoms with Crippen molar-refractivity contribution < 1.29 is 18.4 Å². The minimum atomic E-state index is -0.898. The molecule has 0 aliphatic heterocycles. The van der Waals surface area contributed by atoms with Crippen LogP contribution in [-0.2, 0) is 0 Å². The summed E-state index contributed by atoms with van der Waals surface area (Å²) in [4.78, 5) is 16.7. The molecule has 1 aromatic heterocycles. The first kappa shape index (κ1) is 13.1. The Hall–Kier alpha value is -2.35. The van der Waals surface area contributed by atoms with E-state index < -0.39 is 33.9 Å². The van der Waals surface area contributed by atoms with Gasteiger partial charge in [-0.05, 0) is 23.7 Å². The van der Waals surface area contributed by atoms with Crippen molar-refractivity contribution in [3.63, 3.8) is 0 Å². The maximum Gasteiger partial charge on any atom is 0.349 e. The third-order valence-corrected chi connectivity index (χ3v) is 2.18. The molecule has 2 rings (SSSR count). The number of nitrogens with zero attached hydrogens (tertiary/aromatic N) is 3. The second kappa shape index (κ2) is 5.11. The Kier molecular flexibility index (Phi) is 3.52. The average Bonchev–Trinajstić information content (AvgIpc) is 2.33. The predicted octanol–water partition coefficient (Wildman–Crippen LogP) is 3.11. The van der Waals surface area contributed by atoms with Crippen LogP contribution >= 0.6 is 11.6 Å². The number of halogens is 3. The first-order chi connectivity index (χ1) is 8.97. The third-order valence-electron chi connectivity index (χ3n) is 2.00. The summed E-state index contributed by atoms with van der Waals surface area (Å²) < 4.78 is 31.2. The van der Waals surface area contributed by atoms with E-state index in [1.54, 1.807) is 0 Å². The second-order valence-electron chi connectivity index (χ2n) is 3.26. The molecule has 6 nitrogen and oxygen atoms in total. The summed E-state index contributed by atoms with van der Waals surface area (Å²) in [6.07, 6.45) is 0.807. The van der Waals surface area contributed by atoms with Gasteiger partial charge in [0.25, 0.3) is 0 Å². The quantitative estimate of drug-likeness (QED) is 0.492. The van der Waals surface area contributed by atoms with E-state index in [1.807, 2.05) is 0 Å². The molecule has 0 radical (unpaired) electrons. The van der Waals surface area contributed by atoms with E-state index in [-0.39, 0.29) is 5.28 Å². The Morgan fingerprint density at radius 1 is 1.37 bits per heavy atom. The fourth-order valence-electron chi connectivity index (χ4n) is 1.20. The fourth-order valence-corrected chi connectivity index (χ4v) is 1.33. The molecule has 0 fully saturated rings. The lowest BCUT2D eigenvalue weighted by Gasteiger charge is -2.06. The lowest BCUT2D eigenvalue weighted by molar-refractivity contribution is -0.386. The van der Waals surface area contributed by atoms with Crippen LogP contribution in [0, 0.1) is 21.7 Å². The van der Waals surface area contributed by atoms with Crippen molar-refractivity contribution in [3.05, 3.63) is 51.4 Å². The summed E-state index contributed by atoms with van der Waals surface area (Å²) >= 11 is 5.47. The van der Waals surface area contributed by atoms with Gasteiger partial charge in [-0.1, -0.05) is 0 Å². The third kappa shape index (κ3) is 2.91. The van der Waals surface area contributed by atoms with Crippen LogP contribution in [0.5, 0.6) is 11.6 Å². The highest BCUT2D eigenvalue weighted by Gasteiger charge is 2.20. The van der Waals surface area contributed by atoms with Crippen molar-refractivity contribution in [1.29, 1.82) is 0 Å². The van der Waals surface area contributed by atoms with Gasteiger partial charge in [0.1, 0.15) is 12.0 Å². The summed E-state index contributed by atoms with van der Waals surface area (Å²) in [5.74, 6) is -2.78. The first-order valence-corrected chi connectivity index (χ1v) is 5.15. The molecule has 0 aliphatic rings. The van der Waals surface area contributed by atoms with Crippen molar-refractivity contribution in [2.24, 2.45) is 0 Å². The fraction of sp³-hybridized carbons (Fsp3) is 0. The summed E-state index contributed by atoms with van der Waals surface area (Å²) in [6.45, 7) is 0. The molecular formula is C10H4ClF2N3O3. The van der Waals surface area contributed by atoms with E-state index in [0.29, 0.717) is 0 Å². The summed E-state index contributed by atoms with van der Waals surface area (Å²) in [5, 5.41) is 10.4. The van der Waals surface area contributed by atoms with Crippen molar-refractivity contribution in [2.45, 2.75) is 0 Å². The summed E-state index contributed by atoms with van der Waals surface area (Å²) in [6, 6.07) is 2.43. The van der Waals surface area contributed by atoms with E-state index >= 15 is 0 Å². The van der Waals surface area contributed by atoms with Gasteiger partial charge in [-0.2, -0.15) is 4.98 Å². The number of aromatic nitrogens is 2. The molecule has 2 aromatic rings. The Morgan fingerprint density at radius 2 is 2.11 bits per heavy atom. The van der Waals surface area contributed by atoms with E-state index in [1.165, 1.54) is 0 Å². The zero-order valence-electron chi connectivity index (χ0n) is 9.01. The minimum absolute atomic E-state index is 0.322. The van der Waals surface area contributed by atoms with Gasteiger partial charge >= 0.3 is 11.6 Å². The monoisotopic (exact) mass is 287 g/mol. The predicted molar refractivity (Wildman–Crippen MR) is 60.1 cm³/mol. The number of nitro groups is 1. The van der Waals surface area contributed by atoms with Gasteiger partial charge in [0.2, 0.25) is 5.28 Å². The standard InChI is InChI=1S/C10H4ClF2N3O3/c11-10-14-4-7(16(17)18)9(15-10)19-8-3-5(12)1-2-6(8)13/h1-4H. The van der Waals surface area contributed by atoms with Crippen molar-refractivity contribution >= 4 is 17.3 Å². The lowest BCUT2D eigenvalue weighted by Crippen LogP contribution is -1.99. The number of ether oxygens (including phenoxy) is 1. The van der Waals surface area contributed by atoms with Gasteiger partial charge in [0.05, 0.1) is 4.92 Å². The molecule has 0 unspecified atom stereocenters. The van der Waals surface area contributed by atoms with Crippen LogP contribution < -0.4 is 4.74 Å². The molecular weight excluding hydrogens is 284 g/mol. The van der Waals surface area contributed by atoms with E-state index in [4.69, 9.17) is 16.3 Å². The maximum atomic E-state index is 13.4. The summed E-state index contributed by atoms with van der Waals surface area (Å²) in [7, 11) is 0. The normalized spacial score (nSPS) is 10.3. The highest BCUT2D eigenvalue weighted by molar-refractivity contribution is 6.28. The Labute approximate surface area is 109 Å². The van der Waals surface area contributed by atoms with Crippen LogP contribution in [0.1, 0.15) is 0 Å². The van der Waals surface area contributed by atoms with Crippen LogP contribution in [0.15, 0.2) is 24.4 Å². The zero-order chi connectivity index (χ0) is 14.0. The number of rotatable bonds is 3. The van der Waals surface area contributed by atoms with Crippen LogP contribution in [0.3, 0.4) is 0 Å². The van der Waals surface area contributed by atoms with Crippen LogP contribution in [0.25, 0.3) is 0 Å². The first-order valence-electron chi connectivity index (χ1n) is 4.77. The molecule has 1 aromatic carbocycles. The van der Waals surface area contributed by atoms with Crippen LogP contribution in [-0.4, -0.2) is 14.9 Å². The average molecular weight is 288 g/mol. The maximum absolute atomic E-state index is 13.4. The zero-order valence-corrected chi connectivity index (χ0v) is 9.77. The molecule has 0 amide bonds. The minimum Gasteiger partial charge on any atom is -0.430 e. The van der Waals surface area contributed by atoms with E-state index in [2.05, 4.69) is 9.97 Å². The second-order valence-corrected chi connectivity index (χ2v) is 3.60. The number of benzene rings is 1. The van der Waals surface area contributed by atoms with Gasteiger partial charge in [-0.3, -0.25) is 10.1 Å². The molecule has 98 valence electrons. The number of hydrogen-bond acceptors (Lipinski definition) is 5. The van der Waals surface area contributed by atoms with Crippen LogP contribution in [0.2, 0.25) is 5.28 Å². The molecule has 1 heterocycles. The highest BCUT2D eigenvalue weighted by atomic mass is 35.5. The Bertz CT molecular complexity index is 654. The molecule has 9 heteroatoms. The molecule has 19 heavy (non-hydrogen) atoms. The van der Waals surface area contributed by atoms with E-state index in [9.17, 15) is 18.9 Å². The molecule has 0 bridgehead atoms.